The summed E-state index contributed by atoms with van der Waals surface area (Å²) in [5.74, 6) is -2.74. The Kier molecular flexibility index (Phi) is 6.99. The number of para-hydroxylation sites is 1. The molecule has 0 bridgehead atoms. The summed E-state index contributed by atoms with van der Waals surface area (Å²) in [5.41, 5.74) is 1.33. The molecule has 2 aromatic rings. The molecule has 1 aromatic heterocycles. The van der Waals surface area contributed by atoms with Crippen LogP contribution in [0.1, 0.15) is 23.7 Å². The third-order valence-corrected chi connectivity index (χ3v) is 8.55. The number of nitrogens with zero attached hydrogens (tertiary/aromatic N) is 2. The monoisotopic (exact) mass is 488 g/mol. The maximum Gasteiger partial charge on any atom is 0.490 e. The number of rotatable bonds is 4. The van der Waals surface area contributed by atoms with Crippen molar-refractivity contribution in [2.24, 2.45) is 5.92 Å². The average Bonchev–Trinajstić information content (AvgIpc) is 3.00. The minimum Gasteiger partial charge on any atom is -0.475 e. The molecule has 180 valence electrons. The van der Waals surface area contributed by atoms with Crippen molar-refractivity contribution in [3.05, 3.63) is 42.1 Å². The number of aromatic nitrogens is 1. The van der Waals surface area contributed by atoms with Crippen molar-refractivity contribution >= 4 is 32.6 Å². The lowest BCUT2D eigenvalue weighted by molar-refractivity contribution is -0.192. The van der Waals surface area contributed by atoms with Gasteiger partial charge in [0.1, 0.15) is 4.75 Å². The number of carboxylic acid groups (broad SMARTS) is 1. The molecule has 4 rings (SSSR count). The molecular weight excluding hydrogens is 465 g/mol. The van der Waals surface area contributed by atoms with Crippen molar-refractivity contribution < 1.29 is 41.0 Å². The number of carbonyl (C=O) groups is 2. The number of alkyl halides is 3. The van der Waals surface area contributed by atoms with Crippen LogP contribution >= 0.6 is 0 Å². The quantitative estimate of drug-likeness (QED) is 0.704. The number of halogens is 3. The first-order valence-electron chi connectivity index (χ1n) is 10.2. The number of hydrogen-bond donors (Lipinski definition) is 1. The molecule has 1 unspecified atom stereocenters. The zero-order chi connectivity index (χ0) is 24.4. The average molecular weight is 488 g/mol. The number of pyridine rings is 1. The van der Waals surface area contributed by atoms with Gasteiger partial charge >= 0.3 is 12.1 Å². The maximum atomic E-state index is 13.0. The highest BCUT2D eigenvalue weighted by Gasteiger charge is 2.62. The van der Waals surface area contributed by atoms with Gasteiger partial charge in [0.05, 0.1) is 23.4 Å². The molecule has 12 heteroatoms. The summed E-state index contributed by atoms with van der Waals surface area (Å²) in [6.07, 6.45) is -2.85. The lowest BCUT2D eigenvalue weighted by atomic mass is 9.83. The number of carboxylic acids is 1. The van der Waals surface area contributed by atoms with Gasteiger partial charge in [0.2, 0.25) is 0 Å². The van der Waals surface area contributed by atoms with E-state index in [4.69, 9.17) is 14.6 Å². The van der Waals surface area contributed by atoms with E-state index in [2.05, 4.69) is 4.98 Å². The highest BCUT2D eigenvalue weighted by atomic mass is 32.2. The molecule has 1 aromatic carbocycles. The van der Waals surface area contributed by atoms with Gasteiger partial charge in [-0.3, -0.25) is 9.78 Å². The zero-order valence-corrected chi connectivity index (χ0v) is 18.5. The second-order valence-corrected chi connectivity index (χ2v) is 10.3. The van der Waals surface area contributed by atoms with Crippen LogP contribution in [0.5, 0.6) is 0 Å². The van der Waals surface area contributed by atoms with Gasteiger partial charge in [-0.05, 0) is 25.5 Å². The smallest absolute Gasteiger partial charge is 0.475 e. The maximum absolute atomic E-state index is 13.0. The Morgan fingerprint density at radius 3 is 2.48 bits per heavy atom. The first kappa shape index (κ1) is 24.9. The number of fused-ring (bicyclic) bond motifs is 1. The van der Waals surface area contributed by atoms with Gasteiger partial charge in [-0.25, -0.2) is 13.2 Å². The van der Waals surface area contributed by atoms with E-state index in [1.807, 2.05) is 31.2 Å². The Morgan fingerprint density at radius 2 is 1.88 bits per heavy atom. The molecular formula is C21H23F3N2O6S. The van der Waals surface area contributed by atoms with Gasteiger partial charge in [0, 0.05) is 37.2 Å². The van der Waals surface area contributed by atoms with E-state index in [0.29, 0.717) is 25.2 Å². The van der Waals surface area contributed by atoms with E-state index < -0.39 is 26.7 Å². The molecule has 3 heterocycles. The Labute approximate surface area is 188 Å². The van der Waals surface area contributed by atoms with E-state index in [0.717, 1.165) is 10.9 Å². The molecule has 2 aliphatic rings. The van der Waals surface area contributed by atoms with Crippen LogP contribution in [0.2, 0.25) is 0 Å². The third kappa shape index (κ3) is 4.81. The second kappa shape index (κ2) is 9.26. The van der Waals surface area contributed by atoms with Crippen LogP contribution in [0.25, 0.3) is 10.9 Å². The predicted octanol–water partition coefficient (Wildman–Crippen LogP) is 2.53. The van der Waals surface area contributed by atoms with Crippen LogP contribution in [-0.2, 0) is 19.4 Å². The van der Waals surface area contributed by atoms with E-state index >= 15 is 0 Å². The second-order valence-electron chi connectivity index (χ2n) is 7.87. The molecule has 1 spiro atoms. The summed E-state index contributed by atoms with van der Waals surface area (Å²) < 4.78 is 61.7. The lowest BCUT2D eigenvalue weighted by Crippen LogP contribution is -2.68. The highest BCUT2D eigenvalue weighted by molar-refractivity contribution is 7.93. The SMILES string of the molecule is CCOCC1CCS(=O)(=O)C12CN(C(=O)c1ccnc3ccccc13)C2.O=C(O)C(F)(F)F. The van der Waals surface area contributed by atoms with Crippen LogP contribution in [0.3, 0.4) is 0 Å². The van der Waals surface area contributed by atoms with Crippen LogP contribution < -0.4 is 0 Å². The predicted molar refractivity (Wildman–Crippen MR) is 112 cm³/mol. The largest absolute Gasteiger partial charge is 0.490 e. The number of carbonyl (C=O) groups excluding carboxylic acids is 1. The molecule has 0 saturated carbocycles. The molecule has 0 aliphatic carbocycles. The van der Waals surface area contributed by atoms with Crippen molar-refractivity contribution in [2.45, 2.75) is 24.3 Å². The van der Waals surface area contributed by atoms with Crippen molar-refractivity contribution in [1.29, 1.82) is 0 Å². The number of amides is 1. The molecule has 1 N–H and O–H groups in total. The van der Waals surface area contributed by atoms with Crippen LogP contribution in [0.15, 0.2) is 36.5 Å². The van der Waals surface area contributed by atoms with E-state index in [1.165, 1.54) is 0 Å². The zero-order valence-electron chi connectivity index (χ0n) is 17.7. The normalized spacial score (nSPS) is 20.7. The van der Waals surface area contributed by atoms with Crippen molar-refractivity contribution in [2.75, 3.05) is 32.1 Å². The van der Waals surface area contributed by atoms with Crippen molar-refractivity contribution in [3.8, 4) is 0 Å². The number of aliphatic carboxylic acids is 1. The molecule has 8 nitrogen and oxygen atoms in total. The third-order valence-electron chi connectivity index (χ3n) is 5.95. The standard InChI is InChI=1S/C19H22N2O4S.C2HF3O2/c1-2-25-11-14-8-10-26(23,24)19(14)12-21(13-19)18(22)16-7-9-20-17-6-4-3-5-15(16)17;3-2(4,5)1(6)7/h3-7,9,14H,2,8,10-13H2,1H3;(H,6,7). The summed E-state index contributed by atoms with van der Waals surface area (Å²) in [6, 6.07) is 9.19. The van der Waals surface area contributed by atoms with Crippen molar-refractivity contribution in [3.63, 3.8) is 0 Å². The number of benzene rings is 1. The van der Waals surface area contributed by atoms with Gasteiger partial charge in [-0.1, -0.05) is 18.2 Å². The van der Waals surface area contributed by atoms with Gasteiger partial charge < -0.3 is 14.7 Å². The molecule has 0 radical (unpaired) electrons. The van der Waals surface area contributed by atoms with Gasteiger partial charge in [0.25, 0.3) is 5.91 Å². The molecule has 1 atom stereocenters. The van der Waals surface area contributed by atoms with Crippen LogP contribution in [0.4, 0.5) is 13.2 Å². The van der Waals surface area contributed by atoms with E-state index in [-0.39, 0.29) is 30.7 Å². The lowest BCUT2D eigenvalue weighted by Gasteiger charge is -2.49. The summed E-state index contributed by atoms with van der Waals surface area (Å²) >= 11 is 0. The minimum absolute atomic E-state index is 0.0364. The summed E-state index contributed by atoms with van der Waals surface area (Å²) in [4.78, 5) is 27.8. The summed E-state index contributed by atoms with van der Waals surface area (Å²) in [6.45, 7) is 3.42. The van der Waals surface area contributed by atoms with Crippen LogP contribution in [0, 0.1) is 5.92 Å². The number of sulfone groups is 1. The Balaban J connectivity index is 0.000000383. The topological polar surface area (TPSA) is 114 Å². The minimum atomic E-state index is -5.08. The first-order chi connectivity index (χ1) is 15.4. The molecule has 2 aliphatic heterocycles. The Morgan fingerprint density at radius 1 is 1.24 bits per heavy atom. The molecule has 2 fully saturated rings. The number of hydrogen-bond acceptors (Lipinski definition) is 6. The fourth-order valence-electron chi connectivity index (χ4n) is 4.16. The van der Waals surface area contributed by atoms with Gasteiger partial charge in [0.15, 0.2) is 9.84 Å². The van der Waals surface area contributed by atoms with E-state index in [9.17, 15) is 26.4 Å². The van der Waals surface area contributed by atoms with Gasteiger partial charge in [-0.15, -0.1) is 0 Å². The summed E-state index contributed by atoms with van der Waals surface area (Å²) in [5, 5.41) is 7.92. The Bertz CT molecular complexity index is 1140. The number of ether oxygens (including phenoxy) is 1. The number of likely N-dealkylation sites (tertiary alicyclic amines) is 1. The molecule has 2 saturated heterocycles. The fraction of sp³-hybridized carbons (Fsp3) is 0.476. The summed E-state index contributed by atoms with van der Waals surface area (Å²) in [7, 11) is -3.21. The van der Waals surface area contributed by atoms with Crippen LogP contribution in [-0.4, -0.2) is 78.3 Å². The van der Waals surface area contributed by atoms with Crippen molar-refractivity contribution in [1.82, 2.24) is 9.88 Å². The Hall–Kier alpha value is -2.73. The van der Waals surface area contributed by atoms with Gasteiger partial charge in [-0.2, -0.15) is 13.2 Å². The highest BCUT2D eigenvalue weighted by Crippen LogP contribution is 2.45. The fourth-order valence-corrected chi connectivity index (χ4v) is 6.56. The van der Waals surface area contributed by atoms with E-state index in [1.54, 1.807) is 17.2 Å². The molecule has 1 amide bonds. The first-order valence-corrected chi connectivity index (χ1v) is 11.8. The molecule has 33 heavy (non-hydrogen) atoms.